The second-order valence-electron chi connectivity index (χ2n) is 1.78. The molecule has 0 radical (unpaired) electrons. The van der Waals surface area contributed by atoms with Crippen LogP contribution in [0.1, 0.15) is 13.8 Å². The van der Waals surface area contributed by atoms with Gasteiger partial charge in [-0.1, -0.05) is 0 Å². The van der Waals surface area contributed by atoms with Crippen molar-refractivity contribution in [1.29, 1.82) is 0 Å². The second kappa shape index (κ2) is 1.21. The van der Waals surface area contributed by atoms with Gasteiger partial charge in [-0.05, 0) is 13.8 Å². The topological polar surface area (TPSA) is 24.1 Å². The van der Waals surface area contributed by atoms with Crippen LogP contribution in [0.15, 0.2) is 0 Å². The van der Waals surface area contributed by atoms with Gasteiger partial charge in [0.25, 0.3) is 0 Å². The van der Waals surface area contributed by atoms with Crippen LogP contribution in [-0.4, -0.2) is 12.3 Å². The van der Waals surface area contributed by atoms with E-state index in [4.69, 9.17) is 0 Å². The maximum absolute atomic E-state index is 3.19. The summed E-state index contributed by atoms with van der Waals surface area (Å²) in [6.07, 6.45) is 1.08. The molecule has 1 aliphatic heterocycles. The van der Waals surface area contributed by atoms with Gasteiger partial charge in [0.2, 0.25) is 0 Å². The standard InChI is InChI=1S/C4H10N2/c1-3-5-4(2)6-3/h3-6H,1-2H3. The maximum Gasteiger partial charge on any atom is 0.0566 e. The van der Waals surface area contributed by atoms with E-state index >= 15 is 0 Å². The molecule has 1 rings (SSSR count). The zero-order valence-electron chi connectivity index (χ0n) is 4.15. The van der Waals surface area contributed by atoms with Crippen molar-refractivity contribution in [2.75, 3.05) is 0 Å². The molecule has 0 unspecified atom stereocenters. The van der Waals surface area contributed by atoms with E-state index in [9.17, 15) is 0 Å². The fourth-order valence-electron chi connectivity index (χ4n) is 0.750. The van der Waals surface area contributed by atoms with Gasteiger partial charge in [0.05, 0.1) is 12.3 Å². The highest BCUT2D eigenvalue weighted by Crippen LogP contribution is 1.90. The SMILES string of the molecule is CC1NC(C)N1. The van der Waals surface area contributed by atoms with E-state index in [0.717, 1.165) is 0 Å². The van der Waals surface area contributed by atoms with E-state index in [-0.39, 0.29) is 0 Å². The van der Waals surface area contributed by atoms with Crippen molar-refractivity contribution in [3.05, 3.63) is 0 Å². The van der Waals surface area contributed by atoms with Crippen molar-refractivity contribution < 1.29 is 0 Å². The smallest absolute Gasteiger partial charge is 0.0566 e. The summed E-state index contributed by atoms with van der Waals surface area (Å²) < 4.78 is 0. The minimum Gasteiger partial charge on any atom is -0.287 e. The van der Waals surface area contributed by atoms with Crippen LogP contribution in [0.4, 0.5) is 0 Å². The monoisotopic (exact) mass is 86.1 g/mol. The average Bonchev–Trinajstić information content (AvgIpc) is 1.33. The number of rotatable bonds is 0. The van der Waals surface area contributed by atoms with Crippen molar-refractivity contribution in [1.82, 2.24) is 10.6 Å². The predicted molar refractivity (Wildman–Crippen MR) is 25.2 cm³/mol. The first-order valence-corrected chi connectivity index (χ1v) is 2.31. The lowest BCUT2D eigenvalue weighted by Gasteiger charge is -2.33. The van der Waals surface area contributed by atoms with Gasteiger partial charge in [-0.3, -0.25) is 10.6 Å². The second-order valence-corrected chi connectivity index (χ2v) is 1.78. The van der Waals surface area contributed by atoms with Crippen LogP contribution in [0.3, 0.4) is 0 Å². The fourth-order valence-corrected chi connectivity index (χ4v) is 0.750. The van der Waals surface area contributed by atoms with Crippen LogP contribution in [0.2, 0.25) is 0 Å². The Labute approximate surface area is 37.9 Å². The molecular formula is C4H10N2. The first-order chi connectivity index (χ1) is 2.79. The van der Waals surface area contributed by atoms with Crippen LogP contribution in [-0.2, 0) is 0 Å². The normalized spacial score (nSPS) is 45.0. The van der Waals surface area contributed by atoms with Crippen molar-refractivity contribution in [3.63, 3.8) is 0 Å². The number of nitrogens with one attached hydrogen (secondary N) is 2. The molecule has 0 aliphatic carbocycles. The van der Waals surface area contributed by atoms with Crippen molar-refractivity contribution in [2.45, 2.75) is 26.2 Å². The van der Waals surface area contributed by atoms with Crippen molar-refractivity contribution >= 4 is 0 Å². The fraction of sp³-hybridized carbons (Fsp3) is 1.00. The molecule has 0 amide bonds. The van der Waals surface area contributed by atoms with E-state index in [1.807, 2.05) is 0 Å². The summed E-state index contributed by atoms with van der Waals surface area (Å²) in [6, 6.07) is 0. The van der Waals surface area contributed by atoms with Gasteiger partial charge in [0, 0.05) is 0 Å². The molecule has 2 heteroatoms. The van der Waals surface area contributed by atoms with E-state index < -0.39 is 0 Å². The van der Waals surface area contributed by atoms with Gasteiger partial charge in [0.15, 0.2) is 0 Å². The van der Waals surface area contributed by atoms with Crippen LogP contribution in [0, 0.1) is 0 Å². The molecule has 1 heterocycles. The molecule has 0 aromatic carbocycles. The molecule has 0 bridgehead atoms. The summed E-state index contributed by atoms with van der Waals surface area (Å²) in [6.45, 7) is 4.19. The Bertz CT molecular complexity index is 41.5. The zero-order chi connectivity index (χ0) is 4.57. The first-order valence-electron chi connectivity index (χ1n) is 2.31. The van der Waals surface area contributed by atoms with Gasteiger partial charge < -0.3 is 0 Å². The molecule has 0 aromatic heterocycles. The highest BCUT2D eigenvalue weighted by molar-refractivity contribution is 4.74. The summed E-state index contributed by atoms with van der Waals surface area (Å²) in [5, 5.41) is 6.39. The van der Waals surface area contributed by atoms with E-state index in [0.29, 0.717) is 12.3 Å². The molecular weight excluding hydrogens is 76.1 g/mol. The van der Waals surface area contributed by atoms with Gasteiger partial charge in [-0.25, -0.2) is 0 Å². The van der Waals surface area contributed by atoms with Gasteiger partial charge in [-0.2, -0.15) is 0 Å². The molecule has 2 N–H and O–H groups in total. The van der Waals surface area contributed by atoms with Gasteiger partial charge in [-0.15, -0.1) is 0 Å². The molecule has 6 heavy (non-hydrogen) atoms. The molecule has 0 saturated carbocycles. The lowest BCUT2D eigenvalue weighted by atomic mass is 10.3. The molecule has 0 atom stereocenters. The molecule has 36 valence electrons. The zero-order valence-corrected chi connectivity index (χ0v) is 4.15. The summed E-state index contributed by atoms with van der Waals surface area (Å²) in [5.41, 5.74) is 0. The van der Waals surface area contributed by atoms with Crippen LogP contribution >= 0.6 is 0 Å². The lowest BCUT2D eigenvalue weighted by molar-refractivity contribution is 0.232. The Morgan fingerprint density at radius 3 is 1.33 bits per heavy atom. The largest absolute Gasteiger partial charge is 0.287 e. The Balaban J connectivity index is 2.11. The van der Waals surface area contributed by atoms with E-state index in [2.05, 4.69) is 24.5 Å². The van der Waals surface area contributed by atoms with Crippen LogP contribution in [0.25, 0.3) is 0 Å². The first kappa shape index (κ1) is 4.09. The maximum atomic E-state index is 3.19. The summed E-state index contributed by atoms with van der Waals surface area (Å²) in [7, 11) is 0. The average molecular weight is 86.1 g/mol. The minimum atomic E-state index is 0.542. The van der Waals surface area contributed by atoms with E-state index in [1.54, 1.807) is 0 Å². The predicted octanol–water partition coefficient (Wildman–Crippen LogP) is -0.129. The third-order valence-electron chi connectivity index (χ3n) is 1.00. The molecule has 1 aliphatic rings. The Morgan fingerprint density at radius 2 is 1.33 bits per heavy atom. The van der Waals surface area contributed by atoms with Crippen molar-refractivity contribution in [2.24, 2.45) is 0 Å². The van der Waals surface area contributed by atoms with Gasteiger partial charge >= 0.3 is 0 Å². The molecule has 1 saturated heterocycles. The van der Waals surface area contributed by atoms with Gasteiger partial charge in [0.1, 0.15) is 0 Å². The molecule has 2 nitrogen and oxygen atoms in total. The van der Waals surface area contributed by atoms with Crippen LogP contribution in [0.5, 0.6) is 0 Å². The Morgan fingerprint density at radius 1 is 1.00 bits per heavy atom. The highest BCUT2D eigenvalue weighted by Gasteiger charge is 2.16. The third kappa shape index (κ3) is 0.533. The third-order valence-corrected chi connectivity index (χ3v) is 1.00. The van der Waals surface area contributed by atoms with Crippen molar-refractivity contribution in [3.8, 4) is 0 Å². The summed E-state index contributed by atoms with van der Waals surface area (Å²) >= 11 is 0. The van der Waals surface area contributed by atoms with E-state index in [1.165, 1.54) is 0 Å². The van der Waals surface area contributed by atoms with Crippen LogP contribution < -0.4 is 10.6 Å². The molecule has 0 aromatic rings. The minimum absolute atomic E-state index is 0.542. The Hall–Kier alpha value is -0.0800. The Kier molecular flexibility index (Phi) is 0.821. The number of hydrogen-bond donors (Lipinski definition) is 2. The number of hydrogen-bond acceptors (Lipinski definition) is 2. The molecule has 1 fully saturated rings. The lowest BCUT2D eigenvalue weighted by Crippen LogP contribution is -2.64. The molecule has 0 spiro atoms. The quantitative estimate of drug-likeness (QED) is 0.429. The summed E-state index contributed by atoms with van der Waals surface area (Å²) in [5.74, 6) is 0. The highest BCUT2D eigenvalue weighted by atomic mass is 15.3. The summed E-state index contributed by atoms with van der Waals surface area (Å²) in [4.78, 5) is 0.